The van der Waals surface area contributed by atoms with Crippen LogP contribution in [0.2, 0.25) is 0 Å². The monoisotopic (exact) mass is 514 g/mol. The summed E-state index contributed by atoms with van der Waals surface area (Å²) in [6.07, 6.45) is 7.04. The number of rotatable bonds is 8. The van der Waals surface area contributed by atoms with Crippen molar-refractivity contribution < 1.29 is 5.11 Å². The molecule has 0 aliphatic carbocycles. The van der Waals surface area contributed by atoms with Crippen molar-refractivity contribution in [1.29, 1.82) is 5.26 Å². The van der Waals surface area contributed by atoms with E-state index in [2.05, 4.69) is 58.7 Å². The number of fused-ring (bicyclic) bond motifs is 2. The number of hydrogen-bond acceptors (Lipinski definition) is 8. The summed E-state index contributed by atoms with van der Waals surface area (Å²) in [5.41, 5.74) is 4.97. The Bertz CT molecular complexity index is 1540. The molecule has 1 unspecified atom stereocenters. The second-order valence-electron chi connectivity index (χ2n) is 9.92. The van der Waals surface area contributed by atoms with Crippen LogP contribution in [0.3, 0.4) is 0 Å². The van der Waals surface area contributed by atoms with E-state index in [1.807, 2.05) is 6.07 Å². The number of pyridine rings is 1. The van der Waals surface area contributed by atoms with Crippen LogP contribution >= 0.6 is 0 Å². The standard InChI is InChI=1S/C28H34N8O2/c1-4-21-17-36(25-15-27(38)34(12-13-37)26-18-33(11-8-29)32-28(25)26)22(5-2)16-35(21)19(3)20-6-7-23-24(14-20)31-10-9-30-23/h6-7,9-10,14-15,18-19,21-22,37H,4-5,11-13,16-17H2,1-3H3/t19?,21-,22+/m1/s1. The first-order valence-corrected chi connectivity index (χ1v) is 13.3. The molecule has 1 aliphatic rings. The van der Waals surface area contributed by atoms with Crippen LogP contribution in [0.5, 0.6) is 0 Å². The van der Waals surface area contributed by atoms with Crippen molar-refractivity contribution in [3.05, 3.63) is 58.8 Å². The highest BCUT2D eigenvalue weighted by atomic mass is 16.3. The first-order chi connectivity index (χ1) is 18.5. The average Bonchev–Trinajstić information content (AvgIpc) is 3.37. The van der Waals surface area contributed by atoms with Gasteiger partial charge in [-0.25, -0.2) is 0 Å². The Morgan fingerprint density at radius 2 is 1.87 bits per heavy atom. The SMILES string of the molecule is CC[C@H]1CN(C(C)c2ccc3nccnc3c2)[C@H](CC)CN1c1cc(=O)n(CCO)c2cn(CC#N)nc12. The van der Waals surface area contributed by atoms with Crippen LogP contribution in [0, 0.1) is 11.3 Å². The third-order valence-corrected chi connectivity index (χ3v) is 7.82. The van der Waals surface area contributed by atoms with Crippen molar-refractivity contribution in [1.82, 2.24) is 29.2 Å². The zero-order chi connectivity index (χ0) is 26.8. The van der Waals surface area contributed by atoms with Crippen LogP contribution < -0.4 is 10.5 Å². The minimum atomic E-state index is -0.172. The number of benzene rings is 1. The van der Waals surface area contributed by atoms with Crippen LogP contribution in [0.25, 0.3) is 22.1 Å². The van der Waals surface area contributed by atoms with Crippen LogP contribution in [-0.4, -0.2) is 66.1 Å². The predicted octanol–water partition coefficient (Wildman–Crippen LogP) is 3.10. The minimum Gasteiger partial charge on any atom is -0.395 e. The van der Waals surface area contributed by atoms with E-state index in [4.69, 9.17) is 5.10 Å². The van der Waals surface area contributed by atoms with Crippen molar-refractivity contribution in [3.8, 4) is 6.07 Å². The van der Waals surface area contributed by atoms with E-state index in [1.165, 1.54) is 5.56 Å². The van der Waals surface area contributed by atoms with Crippen LogP contribution in [0.15, 0.2) is 47.7 Å². The second-order valence-corrected chi connectivity index (χ2v) is 9.92. The molecule has 4 heterocycles. The Balaban J connectivity index is 1.52. The number of aromatic nitrogens is 5. The van der Waals surface area contributed by atoms with Gasteiger partial charge in [-0.2, -0.15) is 10.4 Å². The Morgan fingerprint density at radius 1 is 1.11 bits per heavy atom. The highest BCUT2D eigenvalue weighted by Gasteiger charge is 2.36. The summed E-state index contributed by atoms with van der Waals surface area (Å²) in [7, 11) is 0. The van der Waals surface area contributed by atoms with E-state index < -0.39 is 0 Å². The number of nitrogens with zero attached hydrogens (tertiary/aromatic N) is 8. The van der Waals surface area contributed by atoms with Crippen LogP contribution in [-0.2, 0) is 13.1 Å². The molecule has 1 aliphatic heterocycles. The van der Waals surface area contributed by atoms with Gasteiger partial charge in [0.05, 0.1) is 41.1 Å². The lowest BCUT2D eigenvalue weighted by Crippen LogP contribution is -2.58. The molecule has 0 saturated carbocycles. The van der Waals surface area contributed by atoms with Gasteiger partial charge in [0.2, 0.25) is 0 Å². The molecule has 4 aromatic rings. The van der Waals surface area contributed by atoms with Crippen molar-refractivity contribution in [3.63, 3.8) is 0 Å². The second kappa shape index (κ2) is 10.9. The van der Waals surface area contributed by atoms with E-state index in [0.717, 1.165) is 42.7 Å². The van der Waals surface area contributed by atoms with Gasteiger partial charge in [-0.15, -0.1) is 0 Å². The van der Waals surface area contributed by atoms with E-state index in [1.54, 1.807) is 33.9 Å². The van der Waals surface area contributed by atoms with Gasteiger partial charge in [0.1, 0.15) is 12.1 Å². The zero-order valence-corrected chi connectivity index (χ0v) is 22.2. The maximum absolute atomic E-state index is 13.2. The van der Waals surface area contributed by atoms with Crippen molar-refractivity contribution >= 4 is 27.8 Å². The lowest BCUT2D eigenvalue weighted by molar-refractivity contribution is 0.101. The summed E-state index contributed by atoms with van der Waals surface area (Å²) in [5, 5.41) is 23.5. The quantitative estimate of drug-likeness (QED) is 0.381. The molecule has 38 heavy (non-hydrogen) atoms. The molecule has 0 bridgehead atoms. The molecule has 0 amide bonds. The molecular formula is C28H34N8O2. The molecule has 1 fully saturated rings. The summed E-state index contributed by atoms with van der Waals surface area (Å²) in [4.78, 5) is 27.0. The third-order valence-electron chi connectivity index (χ3n) is 7.82. The molecule has 0 spiro atoms. The smallest absolute Gasteiger partial charge is 0.253 e. The molecule has 10 heteroatoms. The van der Waals surface area contributed by atoms with E-state index >= 15 is 0 Å². The van der Waals surface area contributed by atoms with Gasteiger partial charge in [0.15, 0.2) is 0 Å². The Labute approximate surface area is 221 Å². The molecule has 5 rings (SSSR count). The molecule has 10 nitrogen and oxygen atoms in total. The topological polar surface area (TPSA) is 116 Å². The van der Waals surface area contributed by atoms with Crippen LogP contribution in [0.1, 0.15) is 45.2 Å². The Morgan fingerprint density at radius 3 is 2.58 bits per heavy atom. The molecule has 1 aromatic carbocycles. The third kappa shape index (κ3) is 4.64. The van der Waals surface area contributed by atoms with Crippen molar-refractivity contribution in [2.24, 2.45) is 0 Å². The lowest BCUT2D eigenvalue weighted by Gasteiger charge is -2.49. The average molecular weight is 515 g/mol. The van der Waals surface area contributed by atoms with Gasteiger partial charge in [-0.05, 0) is 37.5 Å². The zero-order valence-electron chi connectivity index (χ0n) is 22.2. The molecule has 198 valence electrons. The van der Waals surface area contributed by atoms with Gasteiger partial charge in [0, 0.05) is 56.2 Å². The largest absolute Gasteiger partial charge is 0.395 e. The van der Waals surface area contributed by atoms with Crippen molar-refractivity contribution in [2.45, 2.75) is 64.8 Å². The first-order valence-electron chi connectivity index (χ1n) is 13.3. The van der Waals surface area contributed by atoms with Gasteiger partial charge < -0.3 is 14.6 Å². The fourth-order valence-corrected chi connectivity index (χ4v) is 5.76. The number of aliphatic hydroxyl groups is 1. The van der Waals surface area contributed by atoms with Gasteiger partial charge in [-0.3, -0.25) is 24.3 Å². The Hall–Kier alpha value is -3.81. The number of anilines is 1. The highest BCUT2D eigenvalue weighted by Crippen LogP contribution is 2.34. The highest BCUT2D eigenvalue weighted by molar-refractivity contribution is 5.88. The summed E-state index contributed by atoms with van der Waals surface area (Å²) >= 11 is 0. The number of nitriles is 1. The normalized spacial score (nSPS) is 19.2. The number of hydrogen-bond donors (Lipinski definition) is 1. The van der Waals surface area contributed by atoms with E-state index in [-0.39, 0.29) is 43.4 Å². The van der Waals surface area contributed by atoms with Crippen molar-refractivity contribution in [2.75, 3.05) is 24.6 Å². The van der Waals surface area contributed by atoms with Gasteiger partial charge in [0.25, 0.3) is 5.56 Å². The molecule has 1 N–H and O–H groups in total. The molecule has 1 saturated heterocycles. The lowest BCUT2D eigenvalue weighted by atomic mass is 9.96. The van der Waals surface area contributed by atoms with E-state index in [0.29, 0.717) is 11.0 Å². The maximum Gasteiger partial charge on any atom is 0.253 e. The fraction of sp³-hybridized carbons (Fsp3) is 0.464. The maximum atomic E-state index is 13.2. The number of aliphatic hydroxyl groups excluding tert-OH is 1. The fourth-order valence-electron chi connectivity index (χ4n) is 5.76. The molecular weight excluding hydrogens is 480 g/mol. The summed E-state index contributed by atoms with van der Waals surface area (Å²) in [6.45, 7) is 8.37. The minimum absolute atomic E-state index is 0.0949. The predicted molar refractivity (Wildman–Crippen MR) is 147 cm³/mol. The summed E-state index contributed by atoms with van der Waals surface area (Å²) in [5.74, 6) is 0. The van der Waals surface area contributed by atoms with E-state index in [9.17, 15) is 15.2 Å². The summed E-state index contributed by atoms with van der Waals surface area (Å²) < 4.78 is 3.11. The van der Waals surface area contributed by atoms with Gasteiger partial charge >= 0.3 is 0 Å². The Kier molecular flexibility index (Phi) is 7.40. The number of piperazine rings is 1. The molecule has 3 aromatic heterocycles. The summed E-state index contributed by atoms with van der Waals surface area (Å²) in [6, 6.07) is 10.7. The van der Waals surface area contributed by atoms with Crippen LogP contribution in [0.4, 0.5) is 5.69 Å². The molecule has 0 radical (unpaired) electrons. The first kappa shape index (κ1) is 25.8. The molecule has 3 atom stereocenters. The van der Waals surface area contributed by atoms with Gasteiger partial charge in [-0.1, -0.05) is 19.9 Å².